The first-order valence-corrected chi connectivity index (χ1v) is 10.8. The van der Waals surface area contributed by atoms with Gasteiger partial charge < -0.3 is 20.7 Å². The van der Waals surface area contributed by atoms with Gasteiger partial charge in [-0.3, -0.25) is 20.0 Å². The summed E-state index contributed by atoms with van der Waals surface area (Å²) in [6, 6.07) is 11.9. The molecule has 2 aliphatic rings. The quantitative estimate of drug-likeness (QED) is 0.337. The molecule has 10 heteroatoms. The number of aromatic amines is 1. The molecule has 5 rings (SSSR count). The van der Waals surface area contributed by atoms with Gasteiger partial charge in [-0.15, -0.1) is 0 Å². The van der Waals surface area contributed by atoms with Crippen molar-refractivity contribution in [3.05, 3.63) is 64.8 Å². The smallest absolute Gasteiger partial charge is 0.323 e. The molecular formula is C25H22N6O4. The van der Waals surface area contributed by atoms with Crippen molar-refractivity contribution >= 4 is 23.7 Å². The number of nitrogen functional groups attached to an aromatic ring is 1. The normalized spacial score (nSPS) is 18.6. The molecule has 0 bridgehead atoms. The number of amides is 4. The van der Waals surface area contributed by atoms with Gasteiger partial charge in [0.25, 0.3) is 11.8 Å². The van der Waals surface area contributed by atoms with E-state index in [1.165, 1.54) is 12.0 Å². The molecule has 2 aromatic carbocycles. The molecule has 0 spiro atoms. The van der Waals surface area contributed by atoms with Gasteiger partial charge in [-0.05, 0) is 42.3 Å². The van der Waals surface area contributed by atoms with Crippen LogP contribution in [-0.2, 0) is 11.3 Å². The minimum Gasteiger partial charge on any atom is -0.497 e. The third-order valence-electron chi connectivity index (χ3n) is 6.13. The monoisotopic (exact) mass is 470 g/mol. The zero-order valence-electron chi connectivity index (χ0n) is 19.1. The van der Waals surface area contributed by atoms with Crippen molar-refractivity contribution in [1.29, 1.82) is 0 Å². The van der Waals surface area contributed by atoms with Gasteiger partial charge in [0.15, 0.2) is 5.82 Å². The topological polar surface area (TPSA) is 142 Å². The number of nitrogens with two attached hydrogens (primary N) is 1. The standard InChI is InChI=1S/C25H22N6O4/c1-14-20(21(26)30-29-14)16-5-3-15(4-6-16)9-10-25(23(33)27-24(34)28-25)13-31-12-17-7-8-18(35-2)11-19(17)22(31)32/h3-8,11H,12-13H2,1-2H3,(H3,26,29,30)(H2,27,28,33,34)/t25-/m1/s1. The molecular weight excluding hydrogens is 448 g/mol. The molecule has 176 valence electrons. The molecule has 1 fully saturated rings. The summed E-state index contributed by atoms with van der Waals surface area (Å²) in [5, 5.41) is 11.7. The van der Waals surface area contributed by atoms with E-state index in [1.807, 2.05) is 25.1 Å². The second-order valence-corrected chi connectivity index (χ2v) is 8.43. The highest BCUT2D eigenvalue weighted by Crippen LogP contribution is 2.29. The van der Waals surface area contributed by atoms with Crippen LogP contribution in [0.3, 0.4) is 0 Å². The number of aromatic nitrogens is 2. The number of H-pyrrole nitrogens is 1. The number of ether oxygens (including phenoxy) is 1. The summed E-state index contributed by atoms with van der Waals surface area (Å²) in [7, 11) is 1.53. The summed E-state index contributed by atoms with van der Waals surface area (Å²) in [5.74, 6) is 5.99. The lowest BCUT2D eigenvalue weighted by molar-refractivity contribution is -0.122. The Morgan fingerprint density at radius 3 is 2.57 bits per heavy atom. The highest BCUT2D eigenvalue weighted by Gasteiger charge is 2.48. The molecule has 2 aliphatic heterocycles. The van der Waals surface area contributed by atoms with E-state index in [1.54, 1.807) is 24.3 Å². The maximum Gasteiger partial charge on any atom is 0.323 e. The molecule has 10 nitrogen and oxygen atoms in total. The van der Waals surface area contributed by atoms with Crippen LogP contribution in [0.4, 0.5) is 10.6 Å². The molecule has 0 saturated carbocycles. The first kappa shape index (κ1) is 22.0. The summed E-state index contributed by atoms with van der Waals surface area (Å²) in [5.41, 5.74) is 8.83. The van der Waals surface area contributed by atoms with Crippen molar-refractivity contribution in [1.82, 2.24) is 25.7 Å². The zero-order valence-corrected chi connectivity index (χ0v) is 19.1. The summed E-state index contributed by atoms with van der Waals surface area (Å²) in [6.45, 7) is 2.08. The predicted molar refractivity (Wildman–Crippen MR) is 127 cm³/mol. The van der Waals surface area contributed by atoms with E-state index in [-0.39, 0.29) is 12.5 Å². The molecule has 4 amide bonds. The number of nitrogens with one attached hydrogen (secondary N) is 3. The number of anilines is 1. The second kappa shape index (κ2) is 8.22. The first-order chi connectivity index (χ1) is 16.8. The first-order valence-electron chi connectivity index (χ1n) is 10.8. The number of benzene rings is 2. The zero-order chi connectivity index (χ0) is 24.7. The fourth-order valence-electron chi connectivity index (χ4n) is 4.32. The molecule has 1 saturated heterocycles. The van der Waals surface area contributed by atoms with Crippen LogP contribution < -0.4 is 21.1 Å². The lowest BCUT2D eigenvalue weighted by atomic mass is 9.98. The Bertz CT molecular complexity index is 1410. The number of urea groups is 1. The number of carbonyl (C=O) groups excluding carboxylic acids is 3. The van der Waals surface area contributed by atoms with E-state index in [9.17, 15) is 14.4 Å². The molecule has 35 heavy (non-hydrogen) atoms. The minimum atomic E-state index is -1.58. The maximum atomic E-state index is 13.0. The van der Waals surface area contributed by atoms with Crippen LogP contribution in [0.15, 0.2) is 42.5 Å². The fraction of sp³-hybridized carbons (Fsp3) is 0.200. The third kappa shape index (κ3) is 3.83. The van der Waals surface area contributed by atoms with Crippen molar-refractivity contribution in [2.75, 3.05) is 19.4 Å². The molecule has 1 aromatic heterocycles. The molecule has 0 aliphatic carbocycles. The highest BCUT2D eigenvalue weighted by molar-refractivity contribution is 6.10. The number of imide groups is 1. The molecule has 3 heterocycles. The average molecular weight is 470 g/mol. The van der Waals surface area contributed by atoms with Crippen molar-refractivity contribution in [3.8, 4) is 28.7 Å². The van der Waals surface area contributed by atoms with E-state index >= 15 is 0 Å². The number of carbonyl (C=O) groups is 3. The fourth-order valence-corrected chi connectivity index (χ4v) is 4.32. The van der Waals surface area contributed by atoms with E-state index in [2.05, 4.69) is 32.7 Å². The largest absolute Gasteiger partial charge is 0.497 e. The van der Waals surface area contributed by atoms with Crippen molar-refractivity contribution < 1.29 is 19.1 Å². The van der Waals surface area contributed by atoms with Crippen LogP contribution in [0.1, 0.15) is 27.2 Å². The Balaban J connectivity index is 1.42. The Kier molecular flexibility index (Phi) is 5.17. The maximum absolute atomic E-state index is 13.0. The molecule has 1 atom stereocenters. The lowest BCUT2D eigenvalue weighted by Crippen LogP contribution is -2.54. The SMILES string of the molecule is COc1ccc2c(c1)C(=O)N(C[C@@]1(C#Cc3ccc(-c4c(N)n[nH]c4C)cc3)NC(=O)NC1=O)C2. The number of methoxy groups -OCH3 is 1. The predicted octanol–water partition coefficient (Wildman–Crippen LogP) is 1.56. The molecule has 0 radical (unpaired) electrons. The molecule has 5 N–H and O–H groups in total. The number of rotatable bonds is 4. The van der Waals surface area contributed by atoms with Crippen LogP contribution >= 0.6 is 0 Å². The van der Waals surface area contributed by atoms with E-state index in [4.69, 9.17) is 10.5 Å². The van der Waals surface area contributed by atoms with Crippen molar-refractivity contribution in [3.63, 3.8) is 0 Å². The van der Waals surface area contributed by atoms with E-state index < -0.39 is 17.5 Å². The molecule has 0 unspecified atom stereocenters. The Morgan fingerprint density at radius 2 is 1.94 bits per heavy atom. The van der Waals surface area contributed by atoms with Gasteiger partial charge in [-0.25, -0.2) is 4.79 Å². The van der Waals surface area contributed by atoms with Gasteiger partial charge in [0.05, 0.1) is 13.7 Å². The van der Waals surface area contributed by atoms with Crippen molar-refractivity contribution in [2.24, 2.45) is 0 Å². The Morgan fingerprint density at radius 1 is 1.17 bits per heavy atom. The van der Waals surface area contributed by atoms with Gasteiger partial charge >= 0.3 is 6.03 Å². The van der Waals surface area contributed by atoms with Crippen LogP contribution in [0.5, 0.6) is 5.75 Å². The summed E-state index contributed by atoms with van der Waals surface area (Å²) in [6.07, 6.45) is 0. The van der Waals surface area contributed by atoms with Gasteiger partial charge in [0, 0.05) is 28.9 Å². The highest BCUT2D eigenvalue weighted by atomic mass is 16.5. The van der Waals surface area contributed by atoms with Crippen LogP contribution in [-0.4, -0.2) is 52.1 Å². The number of nitrogens with zero attached hydrogens (tertiary/aromatic N) is 2. The van der Waals surface area contributed by atoms with Crippen molar-refractivity contribution in [2.45, 2.75) is 19.0 Å². The summed E-state index contributed by atoms with van der Waals surface area (Å²) >= 11 is 0. The second-order valence-electron chi connectivity index (χ2n) is 8.43. The van der Waals surface area contributed by atoms with E-state index in [0.29, 0.717) is 29.2 Å². The molecule has 3 aromatic rings. The van der Waals surface area contributed by atoms with Gasteiger partial charge in [-0.1, -0.05) is 30.0 Å². The lowest BCUT2D eigenvalue weighted by Gasteiger charge is -2.26. The summed E-state index contributed by atoms with van der Waals surface area (Å²) in [4.78, 5) is 39.3. The van der Waals surface area contributed by atoms with Crippen LogP contribution in [0, 0.1) is 18.8 Å². The van der Waals surface area contributed by atoms with Gasteiger partial charge in [0.2, 0.25) is 5.54 Å². The van der Waals surface area contributed by atoms with Crippen LogP contribution in [0.25, 0.3) is 11.1 Å². The number of hydrogen-bond donors (Lipinski definition) is 4. The van der Waals surface area contributed by atoms with Gasteiger partial charge in [-0.2, -0.15) is 5.10 Å². The van der Waals surface area contributed by atoms with E-state index in [0.717, 1.165) is 22.4 Å². The number of aryl methyl sites for hydroxylation is 1. The Hall–Kier alpha value is -4.78. The van der Waals surface area contributed by atoms with Crippen LogP contribution in [0.2, 0.25) is 0 Å². The number of fused-ring (bicyclic) bond motifs is 1. The van der Waals surface area contributed by atoms with Gasteiger partial charge in [0.1, 0.15) is 5.75 Å². The third-order valence-corrected chi connectivity index (χ3v) is 6.13. The minimum absolute atomic E-state index is 0.101. The number of hydrogen-bond acceptors (Lipinski definition) is 6. The average Bonchev–Trinajstić information content (AvgIpc) is 3.45. The Labute approximate surface area is 200 Å². The summed E-state index contributed by atoms with van der Waals surface area (Å²) < 4.78 is 5.21.